The smallest absolute Gasteiger partial charge is 0.316 e. The molecule has 0 radical (unpaired) electrons. The molecule has 0 spiro atoms. The highest BCUT2D eigenvalue weighted by atomic mass is 32.7. The number of rotatable bonds is 11. The van der Waals surface area contributed by atoms with Crippen LogP contribution >= 0.6 is 18.2 Å². The van der Waals surface area contributed by atoms with E-state index in [2.05, 4.69) is 13.8 Å². The zero-order chi connectivity index (χ0) is 12.3. The van der Waals surface area contributed by atoms with Crippen LogP contribution in [0.2, 0.25) is 0 Å². The van der Waals surface area contributed by atoms with E-state index in [1.54, 1.807) is 0 Å². The van der Waals surface area contributed by atoms with Gasteiger partial charge in [0.05, 0.1) is 6.61 Å². The van der Waals surface area contributed by atoms with Crippen molar-refractivity contribution in [1.29, 1.82) is 0 Å². The maximum atomic E-state index is 11.5. The summed E-state index contributed by atoms with van der Waals surface area (Å²) in [6, 6.07) is 0. The minimum atomic E-state index is -3.36. The Morgan fingerprint density at radius 1 is 1.06 bits per heavy atom. The van der Waals surface area contributed by atoms with Crippen LogP contribution in [0.5, 0.6) is 0 Å². The van der Waals surface area contributed by atoms with E-state index in [4.69, 9.17) is 4.52 Å². The molecule has 0 saturated heterocycles. The van der Waals surface area contributed by atoms with Crippen molar-refractivity contribution in [2.24, 2.45) is 0 Å². The molecule has 0 aromatic rings. The predicted octanol–water partition coefficient (Wildman–Crippen LogP) is 4.61. The predicted molar refractivity (Wildman–Crippen MR) is 71.9 cm³/mol. The number of hydrogen-bond acceptors (Lipinski definition) is 3. The van der Waals surface area contributed by atoms with E-state index >= 15 is 0 Å². The van der Waals surface area contributed by atoms with Crippen molar-refractivity contribution in [3.8, 4) is 0 Å². The fraction of sp³-hybridized carbons (Fsp3) is 1.00. The average Bonchev–Trinajstić information content (AvgIpc) is 2.24. The summed E-state index contributed by atoms with van der Waals surface area (Å²) in [5, 5.41) is 0. The second-order valence-electron chi connectivity index (χ2n) is 3.90. The third kappa shape index (κ3) is 11.0. The Balaban J connectivity index is 3.43. The van der Waals surface area contributed by atoms with Crippen LogP contribution < -0.4 is 0 Å². The van der Waals surface area contributed by atoms with Crippen molar-refractivity contribution in [2.75, 3.05) is 12.4 Å². The SMILES string of the molecule is CCCCCCSP(=O)(O)OCCCCC. The molecular weight excluding hydrogens is 243 g/mol. The standard InChI is InChI=1S/C11H25O3PS/c1-3-5-7-9-11-16-15(12,13)14-10-8-6-4-2/h3-11H2,1-2H3,(H,12,13). The molecule has 0 saturated carbocycles. The van der Waals surface area contributed by atoms with E-state index in [1.165, 1.54) is 12.8 Å². The molecule has 0 fully saturated rings. The van der Waals surface area contributed by atoms with Crippen LogP contribution in [0.15, 0.2) is 0 Å². The summed E-state index contributed by atoms with van der Waals surface area (Å²) in [5.74, 6) is 0.724. The molecule has 0 rings (SSSR count). The van der Waals surface area contributed by atoms with Crippen LogP contribution in [0.3, 0.4) is 0 Å². The van der Waals surface area contributed by atoms with Gasteiger partial charge in [-0.1, -0.05) is 46.0 Å². The second kappa shape index (κ2) is 10.6. The third-order valence-electron chi connectivity index (χ3n) is 2.25. The maximum Gasteiger partial charge on any atom is 0.386 e. The Morgan fingerprint density at radius 3 is 2.31 bits per heavy atom. The minimum absolute atomic E-state index is 0.406. The highest BCUT2D eigenvalue weighted by Crippen LogP contribution is 2.55. The molecule has 0 amide bonds. The maximum absolute atomic E-state index is 11.5. The summed E-state index contributed by atoms with van der Waals surface area (Å²) in [6.07, 6.45) is 7.56. The van der Waals surface area contributed by atoms with E-state index in [-0.39, 0.29) is 0 Å². The van der Waals surface area contributed by atoms with E-state index in [1.807, 2.05) is 0 Å². The van der Waals surface area contributed by atoms with Crippen LogP contribution in [-0.2, 0) is 9.09 Å². The molecule has 1 N–H and O–H groups in total. The van der Waals surface area contributed by atoms with Crippen molar-refractivity contribution in [3.63, 3.8) is 0 Å². The Hall–Kier alpha value is 0.500. The molecular formula is C11H25O3PS. The van der Waals surface area contributed by atoms with E-state index in [9.17, 15) is 9.46 Å². The monoisotopic (exact) mass is 268 g/mol. The molecule has 0 heterocycles. The van der Waals surface area contributed by atoms with Gasteiger partial charge in [-0.2, -0.15) is 0 Å². The lowest BCUT2D eigenvalue weighted by Gasteiger charge is -2.10. The van der Waals surface area contributed by atoms with Gasteiger partial charge in [-0.25, -0.2) is 4.57 Å². The molecule has 0 aromatic carbocycles. The summed E-state index contributed by atoms with van der Waals surface area (Å²) >= 11 is 1.08. The summed E-state index contributed by atoms with van der Waals surface area (Å²) in [5.41, 5.74) is 0. The van der Waals surface area contributed by atoms with Gasteiger partial charge in [0.15, 0.2) is 0 Å². The molecule has 1 atom stereocenters. The lowest BCUT2D eigenvalue weighted by Crippen LogP contribution is -1.91. The quantitative estimate of drug-likeness (QED) is 0.439. The minimum Gasteiger partial charge on any atom is -0.316 e. The lowest BCUT2D eigenvalue weighted by atomic mass is 10.2. The van der Waals surface area contributed by atoms with Gasteiger partial charge in [-0.15, -0.1) is 0 Å². The molecule has 5 heteroatoms. The van der Waals surface area contributed by atoms with Gasteiger partial charge < -0.3 is 9.42 Å². The van der Waals surface area contributed by atoms with Gasteiger partial charge >= 0.3 is 6.80 Å². The molecule has 98 valence electrons. The Kier molecular flexibility index (Phi) is 11.0. The summed E-state index contributed by atoms with van der Waals surface area (Å²) in [4.78, 5) is 9.47. The zero-order valence-electron chi connectivity index (χ0n) is 10.5. The normalized spacial score (nSPS) is 14.9. The van der Waals surface area contributed by atoms with Gasteiger partial charge in [-0.3, -0.25) is 0 Å². The first-order valence-electron chi connectivity index (χ1n) is 6.24. The first-order valence-corrected chi connectivity index (χ1v) is 9.41. The van der Waals surface area contributed by atoms with Crippen molar-refractivity contribution in [1.82, 2.24) is 0 Å². The van der Waals surface area contributed by atoms with Gasteiger partial charge in [0.25, 0.3) is 0 Å². The van der Waals surface area contributed by atoms with Crippen LogP contribution in [-0.4, -0.2) is 17.3 Å². The molecule has 0 aromatic heterocycles. The lowest BCUT2D eigenvalue weighted by molar-refractivity contribution is 0.269. The van der Waals surface area contributed by atoms with Gasteiger partial charge in [0.2, 0.25) is 0 Å². The fourth-order valence-electron chi connectivity index (χ4n) is 1.28. The van der Waals surface area contributed by atoms with Crippen LogP contribution in [0.25, 0.3) is 0 Å². The van der Waals surface area contributed by atoms with Crippen LogP contribution in [0.1, 0.15) is 58.8 Å². The Morgan fingerprint density at radius 2 is 1.69 bits per heavy atom. The van der Waals surface area contributed by atoms with Gasteiger partial charge in [0, 0.05) is 5.75 Å². The average molecular weight is 268 g/mol. The van der Waals surface area contributed by atoms with Crippen molar-refractivity contribution in [2.45, 2.75) is 58.8 Å². The topological polar surface area (TPSA) is 46.5 Å². The van der Waals surface area contributed by atoms with Crippen molar-refractivity contribution >= 4 is 18.2 Å². The first kappa shape index (κ1) is 16.5. The number of unbranched alkanes of at least 4 members (excludes halogenated alkanes) is 5. The Bertz CT molecular complexity index is 200. The van der Waals surface area contributed by atoms with Gasteiger partial charge in [-0.05, 0) is 24.2 Å². The summed E-state index contributed by atoms with van der Waals surface area (Å²) < 4.78 is 16.5. The van der Waals surface area contributed by atoms with Crippen molar-refractivity contribution < 1.29 is 14.0 Å². The largest absolute Gasteiger partial charge is 0.386 e. The third-order valence-corrected chi connectivity index (χ3v) is 5.40. The highest BCUT2D eigenvalue weighted by molar-refractivity contribution is 8.54. The molecule has 3 nitrogen and oxygen atoms in total. The molecule has 16 heavy (non-hydrogen) atoms. The molecule has 0 aliphatic heterocycles. The second-order valence-corrected chi connectivity index (χ2v) is 7.92. The summed E-state index contributed by atoms with van der Waals surface area (Å²) in [6.45, 7) is 1.29. The zero-order valence-corrected chi connectivity index (χ0v) is 12.2. The molecule has 0 aliphatic rings. The first-order chi connectivity index (χ1) is 7.62. The molecule has 0 bridgehead atoms. The van der Waals surface area contributed by atoms with Gasteiger partial charge in [0.1, 0.15) is 0 Å². The van der Waals surface area contributed by atoms with E-state index < -0.39 is 6.80 Å². The Labute approximate surface area is 104 Å². The highest BCUT2D eigenvalue weighted by Gasteiger charge is 2.18. The molecule has 1 unspecified atom stereocenters. The number of hydrogen-bond donors (Lipinski definition) is 1. The van der Waals surface area contributed by atoms with Crippen LogP contribution in [0, 0.1) is 0 Å². The fourth-order valence-corrected chi connectivity index (χ4v) is 3.80. The van der Waals surface area contributed by atoms with E-state index in [0.29, 0.717) is 6.61 Å². The van der Waals surface area contributed by atoms with E-state index in [0.717, 1.165) is 49.2 Å². The molecule has 0 aliphatic carbocycles. The van der Waals surface area contributed by atoms with Crippen molar-refractivity contribution in [3.05, 3.63) is 0 Å². The van der Waals surface area contributed by atoms with Crippen LogP contribution in [0.4, 0.5) is 0 Å². The summed E-state index contributed by atoms with van der Waals surface area (Å²) in [7, 11) is 0.